The summed E-state index contributed by atoms with van der Waals surface area (Å²) < 4.78 is 10.8. The standard InChI is InChI=1S/C17H17ClO3/c1-11-8-9-12(2)17(13(11)3)21-16(19)10-20-15-7-5-4-6-14(15)18/h4-9H,10H2,1-3H3. The van der Waals surface area contributed by atoms with Gasteiger partial charge in [-0.2, -0.15) is 0 Å². The maximum atomic E-state index is 11.9. The average Bonchev–Trinajstić information content (AvgIpc) is 2.47. The fourth-order valence-corrected chi connectivity index (χ4v) is 2.11. The van der Waals surface area contributed by atoms with Crippen LogP contribution in [0.1, 0.15) is 16.7 Å². The van der Waals surface area contributed by atoms with Crippen LogP contribution >= 0.6 is 11.6 Å². The van der Waals surface area contributed by atoms with E-state index in [1.54, 1.807) is 24.3 Å². The van der Waals surface area contributed by atoms with E-state index < -0.39 is 5.97 Å². The minimum atomic E-state index is -0.452. The maximum absolute atomic E-state index is 11.9. The lowest BCUT2D eigenvalue weighted by molar-refractivity contribution is -0.136. The second kappa shape index (κ2) is 6.64. The molecule has 0 heterocycles. The highest BCUT2D eigenvalue weighted by atomic mass is 35.5. The molecule has 0 saturated carbocycles. The van der Waals surface area contributed by atoms with E-state index in [-0.39, 0.29) is 6.61 Å². The number of ether oxygens (including phenoxy) is 2. The van der Waals surface area contributed by atoms with Crippen LogP contribution in [-0.4, -0.2) is 12.6 Å². The highest BCUT2D eigenvalue weighted by Crippen LogP contribution is 2.26. The van der Waals surface area contributed by atoms with E-state index in [1.807, 2.05) is 32.9 Å². The van der Waals surface area contributed by atoms with Crippen molar-refractivity contribution >= 4 is 17.6 Å². The molecule has 0 radical (unpaired) electrons. The van der Waals surface area contributed by atoms with Crippen LogP contribution in [0.25, 0.3) is 0 Å². The summed E-state index contributed by atoms with van der Waals surface area (Å²) in [5.41, 5.74) is 2.96. The lowest BCUT2D eigenvalue weighted by Crippen LogP contribution is -2.19. The molecule has 21 heavy (non-hydrogen) atoms. The molecule has 4 heteroatoms. The quantitative estimate of drug-likeness (QED) is 0.626. The minimum absolute atomic E-state index is 0.184. The minimum Gasteiger partial charge on any atom is -0.480 e. The summed E-state index contributed by atoms with van der Waals surface area (Å²) >= 11 is 5.96. The molecule has 2 aromatic rings. The van der Waals surface area contributed by atoms with E-state index in [0.29, 0.717) is 16.5 Å². The Morgan fingerprint density at radius 3 is 2.43 bits per heavy atom. The summed E-state index contributed by atoms with van der Waals surface area (Å²) in [5.74, 6) is 0.614. The van der Waals surface area contributed by atoms with Crippen molar-refractivity contribution < 1.29 is 14.3 Å². The second-order valence-electron chi connectivity index (χ2n) is 4.85. The van der Waals surface area contributed by atoms with Crippen LogP contribution in [0.5, 0.6) is 11.5 Å². The molecule has 0 aliphatic rings. The van der Waals surface area contributed by atoms with E-state index in [2.05, 4.69) is 0 Å². The molecule has 0 aliphatic carbocycles. The van der Waals surface area contributed by atoms with Crippen LogP contribution in [0.2, 0.25) is 5.02 Å². The van der Waals surface area contributed by atoms with Gasteiger partial charge in [0.15, 0.2) is 6.61 Å². The Morgan fingerprint density at radius 2 is 1.71 bits per heavy atom. The van der Waals surface area contributed by atoms with Crippen LogP contribution in [-0.2, 0) is 4.79 Å². The largest absolute Gasteiger partial charge is 0.480 e. The molecule has 0 amide bonds. The molecule has 0 aromatic heterocycles. The van der Waals surface area contributed by atoms with Crippen LogP contribution < -0.4 is 9.47 Å². The molecule has 0 bridgehead atoms. The van der Waals surface area contributed by atoms with Gasteiger partial charge in [-0.15, -0.1) is 0 Å². The van der Waals surface area contributed by atoms with Gasteiger partial charge in [-0.3, -0.25) is 0 Å². The molecular weight excluding hydrogens is 288 g/mol. The van der Waals surface area contributed by atoms with Crippen molar-refractivity contribution in [3.8, 4) is 11.5 Å². The fourth-order valence-electron chi connectivity index (χ4n) is 1.92. The smallest absolute Gasteiger partial charge is 0.349 e. The van der Waals surface area contributed by atoms with Crippen molar-refractivity contribution in [1.82, 2.24) is 0 Å². The summed E-state index contributed by atoms with van der Waals surface area (Å²) in [4.78, 5) is 11.9. The molecule has 0 unspecified atom stereocenters. The van der Waals surface area contributed by atoms with Gasteiger partial charge in [-0.05, 0) is 49.6 Å². The summed E-state index contributed by atoms with van der Waals surface area (Å²) in [6.45, 7) is 5.63. The van der Waals surface area contributed by atoms with Crippen molar-refractivity contribution in [1.29, 1.82) is 0 Å². The first-order valence-corrected chi connectivity index (χ1v) is 7.01. The Morgan fingerprint density at radius 1 is 1.05 bits per heavy atom. The Balaban J connectivity index is 2.03. The Hall–Kier alpha value is -2.00. The SMILES string of the molecule is Cc1ccc(C)c(OC(=O)COc2ccccc2Cl)c1C. The highest BCUT2D eigenvalue weighted by Gasteiger charge is 2.12. The van der Waals surface area contributed by atoms with Gasteiger partial charge in [0.1, 0.15) is 11.5 Å². The zero-order chi connectivity index (χ0) is 15.4. The highest BCUT2D eigenvalue weighted by molar-refractivity contribution is 6.32. The monoisotopic (exact) mass is 304 g/mol. The fraction of sp³-hybridized carbons (Fsp3) is 0.235. The van der Waals surface area contributed by atoms with Crippen molar-refractivity contribution in [3.05, 3.63) is 58.1 Å². The first-order chi connectivity index (χ1) is 9.99. The van der Waals surface area contributed by atoms with Gasteiger partial charge in [0, 0.05) is 0 Å². The Labute approximate surface area is 129 Å². The third-order valence-electron chi connectivity index (χ3n) is 3.27. The molecule has 2 aromatic carbocycles. The Kier molecular flexibility index (Phi) is 4.86. The number of para-hydroxylation sites is 1. The van der Waals surface area contributed by atoms with E-state index in [9.17, 15) is 4.79 Å². The molecule has 3 nitrogen and oxygen atoms in total. The van der Waals surface area contributed by atoms with Gasteiger partial charge in [0.05, 0.1) is 5.02 Å². The number of halogens is 1. The summed E-state index contributed by atoms with van der Waals surface area (Å²) in [7, 11) is 0. The third kappa shape index (κ3) is 3.76. The van der Waals surface area contributed by atoms with Crippen molar-refractivity contribution in [3.63, 3.8) is 0 Å². The van der Waals surface area contributed by atoms with Gasteiger partial charge in [0.25, 0.3) is 0 Å². The molecule has 0 spiro atoms. The van der Waals surface area contributed by atoms with Crippen molar-refractivity contribution in [2.75, 3.05) is 6.61 Å². The average molecular weight is 305 g/mol. The first kappa shape index (κ1) is 15.4. The van der Waals surface area contributed by atoms with Gasteiger partial charge < -0.3 is 9.47 Å². The zero-order valence-corrected chi connectivity index (χ0v) is 13.0. The molecule has 0 aliphatic heterocycles. The van der Waals surface area contributed by atoms with Crippen LogP contribution in [0.3, 0.4) is 0 Å². The van der Waals surface area contributed by atoms with Crippen LogP contribution in [0.4, 0.5) is 0 Å². The van der Waals surface area contributed by atoms with E-state index in [1.165, 1.54) is 0 Å². The molecule has 0 fully saturated rings. The zero-order valence-electron chi connectivity index (χ0n) is 12.3. The van der Waals surface area contributed by atoms with E-state index in [0.717, 1.165) is 16.7 Å². The number of hydrogen-bond donors (Lipinski definition) is 0. The van der Waals surface area contributed by atoms with Gasteiger partial charge in [0.2, 0.25) is 0 Å². The third-order valence-corrected chi connectivity index (χ3v) is 3.58. The van der Waals surface area contributed by atoms with Gasteiger partial charge in [-0.1, -0.05) is 35.9 Å². The number of hydrogen-bond acceptors (Lipinski definition) is 3. The first-order valence-electron chi connectivity index (χ1n) is 6.64. The molecule has 110 valence electrons. The molecule has 0 atom stereocenters. The maximum Gasteiger partial charge on any atom is 0.349 e. The topological polar surface area (TPSA) is 35.5 Å². The Bertz CT molecular complexity index is 665. The lowest BCUT2D eigenvalue weighted by Gasteiger charge is -2.13. The number of esters is 1. The summed E-state index contributed by atoms with van der Waals surface area (Å²) in [5, 5.41) is 0.466. The van der Waals surface area contributed by atoms with Gasteiger partial charge >= 0.3 is 5.97 Å². The summed E-state index contributed by atoms with van der Waals surface area (Å²) in [6, 6.07) is 10.9. The number of benzene rings is 2. The molecule has 2 rings (SSSR count). The second-order valence-corrected chi connectivity index (χ2v) is 5.25. The van der Waals surface area contributed by atoms with Crippen LogP contribution in [0, 0.1) is 20.8 Å². The summed E-state index contributed by atoms with van der Waals surface area (Å²) in [6.07, 6.45) is 0. The van der Waals surface area contributed by atoms with Crippen LogP contribution in [0.15, 0.2) is 36.4 Å². The molecule has 0 saturated heterocycles. The normalized spacial score (nSPS) is 10.3. The number of carbonyl (C=O) groups is 1. The predicted molar refractivity (Wildman–Crippen MR) is 83.2 cm³/mol. The predicted octanol–water partition coefficient (Wildman–Crippen LogP) is 4.25. The van der Waals surface area contributed by atoms with Crippen molar-refractivity contribution in [2.45, 2.75) is 20.8 Å². The van der Waals surface area contributed by atoms with E-state index >= 15 is 0 Å². The van der Waals surface area contributed by atoms with Gasteiger partial charge in [-0.25, -0.2) is 4.79 Å². The number of aryl methyl sites for hydroxylation is 2. The van der Waals surface area contributed by atoms with E-state index in [4.69, 9.17) is 21.1 Å². The number of carbonyl (C=O) groups excluding carboxylic acids is 1. The molecule has 0 N–H and O–H groups in total. The van der Waals surface area contributed by atoms with Crippen molar-refractivity contribution in [2.24, 2.45) is 0 Å². The lowest BCUT2D eigenvalue weighted by atomic mass is 10.1. The molecular formula is C17H17ClO3. The number of rotatable bonds is 4.